The maximum atomic E-state index is 8.83. The fourth-order valence-electron chi connectivity index (χ4n) is 1.77. The molecule has 98 valence electrons. The number of hydrogen-bond acceptors (Lipinski definition) is 5. The van der Waals surface area contributed by atoms with Crippen molar-refractivity contribution in [1.29, 1.82) is 0 Å². The molecule has 0 saturated heterocycles. The Hall–Kier alpha value is -1.40. The standard InChI is InChI=1S/C11H16ClN5O/c1-7(4-3-5-18)15-10-8(2)9(12)16-11-13-6-14-17(10)11/h6-7,15,18H,3-5H2,1-2H3. The van der Waals surface area contributed by atoms with E-state index in [0.29, 0.717) is 10.9 Å². The van der Waals surface area contributed by atoms with Crippen molar-refractivity contribution in [3.8, 4) is 0 Å². The van der Waals surface area contributed by atoms with E-state index in [0.717, 1.165) is 24.2 Å². The molecule has 2 heterocycles. The van der Waals surface area contributed by atoms with Crippen molar-refractivity contribution in [2.75, 3.05) is 11.9 Å². The highest BCUT2D eigenvalue weighted by Crippen LogP contribution is 2.23. The molecule has 0 bridgehead atoms. The molecule has 2 rings (SSSR count). The molecule has 2 aromatic heterocycles. The summed E-state index contributed by atoms with van der Waals surface area (Å²) >= 11 is 6.07. The predicted octanol–water partition coefficient (Wildman–Crippen LogP) is 1.66. The van der Waals surface area contributed by atoms with Crippen LogP contribution in [-0.2, 0) is 0 Å². The lowest BCUT2D eigenvalue weighted by atomic mass is 10.2. The zero-order valence-corrected chi connectivity index (χ0v) is 11.1. The maximum absolute atomic E-state index is 8.83. The minimum atomic E-state index is 0.195. The average molecular weight is 270 g/mol. The summed E-state index contributed by atoms with van der Waals surface area (Å²) in [7, 11) is 0. The van der Waals surface area contributed by atoms with E-state index in [1.54, 1.807) is 4.52 Å². The molecular formula is C11H16ClN5O. The van der Waals surface area contributed by atoms with Crippen molar-refractivity contribution in [2.24, 2.45) is 0 Å². The van der Waals surface area contributed by atoms with Gasteiger partial charge in [-0.3, -0.25) is 0 Å². The van der Waals surface area contributed by atoms with Crippen LogP contribution in [0.3, 0.4) is 0 Å². The molecule has 7 heteroatoms. The van der Waals surface area contributed by atoms with Crippen molar-refractivity contribution < 1.29 is 5.11 Å². The van der Waals surface area contributed by atoms with Gasteiger partial charge in [0.25, 0.3) is 5.78 Å². The second-order valence-electron chi connectivity index (χ2n) is 4.26. The Labute approximate surface area is 110 Å². The molecule has 6 nitrogen and oxygen atoms in total. The lowest BCUT2D eigenvalue weighted by Crippen LogP contribution is -2.19. The minimum Gasteiger partial charge on any atom is -0.396 e. The van der Waals surface area contributed by atoms with Crippen molar-refractivity contribution in [1.82, 2.24) is 19.6 Å². The number of aromatic nitrogens is 4. The lowest BCUT2D eigenvalue weighted by molar-refractivity contribution is 0.282. The zero-order chi connectivity index (χ0) is 13.1. The Morgan fingerprint density at radius 1 is 1.56 bits per heavy atom. The van der Waals surface area contributed by atoms with Gasteiger partial charge in [0, 0.05) is 18.2 Å². The molecule has 0 aliphatic carbocycles. The van der Waals surface area contributed by atoms with Gasteiger partial charge in [0.05, 0.1) is 0 Å². The third-order valence-corrected chi connectivity index (χ3v) is 3.15. The summed E-state index contributed by atoms with van der Waals surface area (Å²) in [6.07, 6.45) is 3.07. The number of anilines is 1. The first-order valence-corrected chi connectivity index (χ1v) is 6.24. The molecule has 0 aromatic carbocycles. The highest BCUT2D eigenvalue weighted by atomic mass is 35.5. The molecule has 0 fully saturated rings. The van der Waals surface area contributed by atoms with Crippen molar-refractivity contribution in [2.45, 2.75) is 32.7 Å². The molecule has 0 radical (unpaired) electrons. The smallest absolute Gasteiger partial charge is 0.255 e. The van der Waals surface area contributed by atoms with Crippen LogP contribution >= 0.6 is 11.6 Å². The maximum Gasteiger partial charge on any atom is 0.255 e. The van der Waals surface area contributed by atoms with E-state index in [9.17, 15) is 0 Å². The van der Waals surface area contributed by atoms with Crippen molar-refractivity contribution >= 4 is 23.2 Å². The molecule has 0 saturated carbocycles. The lowest BCUT2D eigenvalue weighted by Gasteiger charge is -2.17. The number of rotatable bonds is 5. The van der Waals surface area contributed by atoms with E-state index >= 15 is 0 Å². The minimum absolute atomic E-state index is 0.195. The number of nitrogens with one attached hydrogen (secondary N) is 1. The van der Waals surface area contributed by atoms with Crippen LogP contribution in [0.15, 0.2) is 6.33 Å². The monoisotopic (exact) mass is 269 g/mol. The number of fused-ring (bicyclic) bond motifs is 1. The second-order valence-corrected chi connectivity index (χ2v) is 4.62. The second kappa shape index (κ2) is 5.49. The number of aliphatic hydroxyl groups excluding tert-OH is 1. The van der Waals surface area contributed by atoms with Crippen LogP contribution in [0.4, 0.5) is 5.82 Å². The fraction of sp³-hybridized carbons (Fsp3) is 0.545. The van der Waals surface area contributed by atoms with Crippen LogP contribution in [0.5, 0.6) is 0 Å². The first-order valence-electron chi connectivity index (χ1n) is 5.86. The summed E-state index contributed by atoms with van der Waals surface area (Å²) in [6.45, 7) is 4.13. The molecule has 18 heavy (non-hydrogen) atoms. The van der Waals surface area contributed by atoms with E-state index in [2.05, 4.69) is 20.4 Å². The van der Waals surface area contributed by atoms with Gasteiger partial charge in [0.15, 0.2) is 0 Å². The molecule has 2 N–H and O–H groups in total. The first-order chi connectivity index (χ1) is 8.63. The van der Waals surface area contributed by atoms with Gasteiger partial charge >= 0.3 is 0 Å². The number of hydrogen-bond donors (Lipinski definition) is 2. The molecule has 2 aromatic rings. The van der Waals surface area contributed by atoms with E-state index in [-0.39, 0.29) is 12.6 Å². The Balaban J connectivity index is 2.31. The van der Waals surface area contributed by atoms with Crippen LogP contribution in [0.2, 0.25) is 5.15 Å². The highest BCUT2D eigenvalue weighted by molar-refractivity contribution is 6.30. The summed E-state index contributed by atoms with van der Waals surface area (Å²) in [5.74, 6) is 1.27. The molecule has 0 aliphatic rings. The van der Waals surface area contributed by atoms with E-state index in [1.807, 2.05) is 13.8 Å². The van der Waals surface area contributed by atoms with Crippen LogP contribution in [0, 0.1) is 6.92 Å². The normalized spacial score (nSPS) is 12.9. The van der Waals surface area contributed by atoms with Crippen molar-refractivity contribution in [3.63, 3.8) is 0 Å². The Morgan fingerprint density at radius 3 is 3.06 bits per heavy atom. The van der Waals surface area contributed by atoms with Crippen LogP contribution in [0.25, 0.3) is 5.78 Å². The van der Waals surface area contributed by atoms with Gasteiger partial charge in [0.1, 0.15) is 17.3 Å². The van der Waals surface area contributed by atoms with Crippen LogP contribution < -0.4 is 5.32 Å². The molecule has 1 unspecified atom stereocenters. The fourth-order valence-corrected chi connectivity index (χ4v) is 1.94. The summed E-state index contributed by atoms with van der Waals surface area (Å²) in [6, 6.07) is 0.210. The average Bonchev–Trinajstić information content (AvgIpc) is 2.80. The molecule has 1 atom stereocenters. The van der Waals surface area contributed by atoms with E-state index < -0.39 is 0 Å². The third-order valence-electron chi connectivity index (χ3n) is 2.78. The van der Waals surface area contributed by atoms with Crippen LogP contribution in [0.1, 0.15) is 25.3 Å². The quantitative estimate of drug-likeness (QED) is 0.808. The van der Waals surface area contributed by atoms with Gasteiger partial charge in [-0.15, -0.1) is 0 Å². The summed E-state index contributed by atoms with van der Waals surface area (Å²) in [5.41, 5.74) is 0.838. The van der Waals surface area contributed by atoms with Crippen LogP contribution in [-0.4, -0.2) is 37.3 Å². The van der Waals surface area contributed by atoms with E-state index in [4.69, 9.17) is 16.7 Å². The number of aliphatic hydroxyl groups is 1. The number of halogens is 1. The molecule has 0 aliphatic heterocycles. The van der Waals surface area contributed by atoms with Gasteiger partial charge in [-0.05, 0) is 26.7 Å². The first kappa shape index (κ1) is 13.0. The third kappa shape index (κ3) is 2.54. The Kier molecular flexibility index (Phi) is 3.98. The predicted molar refractivity (Wildman–Crippen MR) is 69.9 cm³/mol. The van der Waals surface area contributed by atoms with Gasteiger partial charge in [-0.1, -0.05) is 11.6 Å². The Morgan fingerprint density at radius 2 is 2.33 bits per heavy atom. The Bertz CT molecular complexity index is 541. The topological polar surface area (TPSA) is 75.3 Å². The SMILES string of the molecule is Cc1c(Cl)nc2ncnn2c1NC(C)CCCO. The number of nitrogens with zero attached hydrogens (tertiary/aromatic N) is 4. The zero-order valence-electron chi connectivity index (χ0n) is 10.4. The highest BCUT2D eigenvalue weighted by Gasteiger charge is 2.13. The molecule has 0 amide bonds. The summed E-state index contributed by atoms with van der Waals surface area (Å²) in [4.78, 5) is 8.17. The summed E-state index contributed by atoms with van der Waals surface area (Å²) in [5, 5.41) is 16.7. The van der Waals surface area contributed by atoms with E-state index in [1.165, 1.54) is 6.33 Å². The molecule has 0 spiro atoms. The largest absolute Gasteiger partial charge is 0.396 e. The summed E-state index contributed by atoms with van der Waals surface area (Å²) < 4.78 is 1.64. The van der Waals surface area contributed by atoms with Crippen molar-refractivity contribution in [3.05, 3.63) is 17.0 Å². The van der Waals surface area contributed by atoms with Gasteiger partial charge in [0.2, 0.25) is 0 Å². The van der Waals surface area contributed by atoms with Gasteiger partial charge in [-0.25, -0.2) is 0 Å². The van der Waals surface area contributed by atoms with Gasteiger partial charge in [-0.2, -0.15) is 19.6 Å². The van der Waals surface area contributed by atoms with Gasteiger partial charge < -0.3 is 10.4 Å². The molecular weight excluding hydrogens is 254 g/mol.